The molecule has 144 valence electrons. The van der Waals surface area contributed by atoms with Gasteiger partial charge in [-0.1, -0.05) is 11.6 Å². The standard InChI is InChI=1S/C11H11ClF2N4O6S2/c1-25(21,22)16-26(23,24)5-7-10-6(12)2-3-8(18(19)20)11(10)17(15-7)4-9(13)14/h2-3,9,16H,4-5H2,1H3. The number of hydrogen-bond acceptors (Lipinski definition) is 7. The van der Waals surface area contributed by atoms with Gasteiger partial charge in [-0.2, -0.15) is 5.10 Å². The second-order valence-electron chi connectivity index (χ2n) is 5.18. The van der Waals surface area contributed by atoms with Crippen molar-refractivity contribution in [2.45, 2.75) is 18.7 Å². The molecule has 0 unspecified atom stereocenters. The van der Waals surface area contributed by atoms with Crippen molar-refractivity contribution < 1.29 is 30.5 Å². The first-order valence-corrected chi connectivity index (χ1v) is 10.5. The summed E-state index contributed by atoms with van der Waals surface area (Å²) in [7, 11) is -8.61. The monoisotopic (exact) mass is 432 g/mol. The molecule has 1 N–H and O–H groups in total. The summed E-state index contributed by atoms with van der Waals surface area (Å²) in [5, 5.41) is 14.5. The number of aromatic nitrogens is 2. The van der Waals surface area contributed by atoms with Crippen molar-refractivity contribution >= 4 is 48.2 Å². The number of hydrogen-bond donors (Lipinski definition) is 1. The molecule has 1 aromatic carbocycles. The summed E-state index contributed by atoms with van der Waals surface area (Å²) in [5.41, 5.74) is -1.38. The highest BCUT2D eigenvalue weighted by Gasteiger charge is 2.28. The number of halogens is 3. The van der Waals surface area contributed by atoms with Crippen LogP contribution < -0.4 is 4.13 Å². The van der Waals surface area contributed by atoms with E-state index in [1.165, 1.54) is 4.13 Å². The normalized spacial score (nSPS) is 12.8. The van der Waals surface area contributed by atoms with Gasteiger partial charge in [0.1, 0.15) is 17.8 Å². The lowest BCUT2D eigenvalue weighted by Gasteiger charge is -2.03. The molecule has 0 spiro atoms. The first-order chi connectivity index (χ1) is 11.8. The average Bonchev–Trinajstić information content (AvgIpc) is 2.73. The zero-order valence-corrected chi connectivity index (χ0v) is 15.3. The van der Waals surface area contributed by atoms with Crippen LogP contribution in [0.1, 0.15) is 5.69 Å². The van der Waals surface area contributed by atoms with Crippen LogP contribution in [-0.2, 0) is 32.3 Å². The Morgan fingerprint density at radius 3 is 2.46 bits per heavy atom. The molecule has 1 heterocycles. The molecule has 0 radical (unpaired) electrons. The van der Waals surface area contributed by atoms with E-state index in [0.717, 1.165) is 12.1 Å². The van der Waals surface area contributed by atoms with E-state index in [2.05, 4.69) is 5.10 Å². The van der Waals surface area contributed by atoms with Crippen molar-refractivity contribution in [2.24, 2.45) is 0 Å². The van der Waals surface area contributed by atoms with Crippen molar-refractivity contribution in [3.05, 3.63) is 33.0 Å². The Hall–Kier alpha value is -1.90. The van der Waals surface area contributed by atoms with Gasteiger partial charge in [0.2, 0.25) is 20.0 Å². The number of non-ortho nitro benzene ring substituents is 1. The molecule has 0 aliphatic carbocycles. The van der Waals surface area contributed by atoms with Crippen LogP contribution in [0, 0.1) is 10.1 Å². The Morgan fingerprint density at radius 2 is 1.96 bits per heavy atom. The molecule has 15 heteroatoms. The fourth-order valence-corrected chi connectivity index (χ4v) is 5.19. The number of benzene rings is 1. The summed E-state index contributed by atoms with van der Waals surface area (Å²) in [5.74, 6) is -1.03. The van der Waals surface area contributed by atoms with Gasteiger partial charge in [0, 0.05) is 11.5 Å². The number of nitro benzene ring substituents is 1. The summed E-state index contributed by atoms with van der Waals surface area (Å²) in [6.07, 6.45) is -2.33. The number of nitro groups is 1. The van der Waals surface area contributed by atoms with Crippen LogP contribution >= 0.6 is 11.6 Å². The lowest BCUT2D eigenvalue weighted by Crippen LogP contribution is -2.30. The van der Waals surface area contributed by atoms with E-state index >= 15 is 0 Å². The fraction of sp³-hybridized carbons (Fsp3) is 0.364. The number of nitrogens with zero attached hydrogens (tertiary/aromatic N) is 3. The van der Waals surface area contributed by atoms with Crippen LogP contribution in [0.3, 0.4) is 0 Å². The van der Waals surface area contributed by atoms with Crippen molar-refractivity contribution in [3.8, 4) is 0 Å². The van der Waals surface area contributed by atoms with Gasteiger partial charge in [0.25, 0.3) is 12.1 Å². The predicted molar refractivity (Wildman–Crippen MR) is 88.0 cm³/mol. The van der Waals surface area contributed by atoms with Crippen molar-refractivity contribution in [1.82, 2.24) is 13.9 Å². The highest BCUT2D eigenvalue weighted by molar-refractivity contribution is 8.04. The van der Waals surface area contributed by atoms with Crippen molar-refractivity contribution in [3.63, 3.8) is 0 Å². The summed E-state index contributed by atoms with van der Waals surface area (Å²) >= 11 is 5.95. The molecule has 26 heavy (non-hydrogen) atoms. The van der Waals surface area contributed by atoms with Gasteiger partial charge in [0.15, 0.2) is 0 Å². The summed E-state index contributed by atoms with van der Waals surface area (Å²) < 4.78 is 73.7. The van der Waals surface area contributed by atoms with E-state index in [-0.39, 0.29) is 15.9 Å². The average molecular weight is 433 g/mol. The van der Waals surface area contributed by atoms with E-state index in [9.17, 15) is 35.7 Å². The Bertz CT molecular complexity index is 1080. The Kier molecular flexibility index (Phi) is 5.51. The Balaban J connectivity index is 2.71. The van der Waals surface area contributed by atoms with Crippen LogP contribution in [0.25, 0.3) is 10.9 Å². The van der Waals surface area contributed by atoms with E-state index in [4.69, 9.17) is 11.6 Å². The van der Waals surface area contributed by atoms with E-state index in [1.807, 2.05) is 0 Å². The molecular formula is C11H11ClF2N4O6S2. The molecular weight excluding hydrogens is 422 g/mol. The second-order valence-corrected chi connectivity index (χ2v) is 9.32. The number of rotatable bonds is 7. The minimum atomic E-state index is -4.48. The minimum absolute atomic E-state index is 0.157. The zero-order chi connectivity index (χ0) is 19.9. The quantitative estimate of drug-likeness (QED) is 0.512. The zero-order valence-electron chi connectivity index (χ0n) is 12.9. The van der Waals surface area contributed by atoms with Crippen LogP contribution in [0.15, 0.2) is 12.1 Å². The molecule has 0 aliphatic rings. The van der Waals surface area contributed by atoms with Crippen molar-refractivity contribution in [2.75, 3.05) is 6.26 Å². The minimum Gasteiger partial charge on any atom is -0.258 e. The molecule has 2 rings (SSSR count). The molecule has 2 aromatic rings. The molecule has 1 aromatic heterocycles. The second kappa shape index (κ2) is 7.02. The highest BCUT2D eigenvalue weighted by atomic mass is 35.5. The number of sulfonamides is 2. The molecule has 10 nitrogen and oxygen atoms in total. The SMILES string of the molecule is CS(=O)(=O)NS(=O)(=O)Cc1nn(CC(F)F)c2c([N+](=O)[O-])ccc(Cl)c12. The predicted octanol–water partition coefficient (Wildman–Crippen LogP) is 1.24. The summed E-state index contributed by atoms with van der Waals surface area (Å²) in [4.78, 5) is 10.3. The Morgan fingerprint density at radius 1 is 1.35 bits per heavy atom. The van der Waals surface area contributed by atoms with Gasteiger partial charge in [0.05, 0.1) is 21.9 Å². The van der Waals surface area contributed by atoms with E-state index < -0.39 is 55.1 Å². The maximum Gasteiger partial charge on any atom is 0.295 e. The largest absolute Gasteiger partial charge is 0.295 e. The summed E-state index contributed by atoms with van der Waals surface area (Å²) in [6, 6.07) is 2.07. The number of nitrogens with one attached hydrogen (secondary N) is 1. The fourth-order valence-electron chi connectivity index (χ4n) is 2.29. The van der Waals surface area contributed by atoms with Gasteiger partial charge >= 0.3 is 0 Å². The third kappa shape index (κ3) is 4.63. The van der Waals surface area contributed by atoms with Gasteiger partial charge < -0.3 is 0 Å². The molecule has 0 aliphatic heterocycles. The summed E-state index contributed by atoms with van der Waals surface area (Å²) in [6.45, 7) is -1.04. The maximum absolute atomic E-state index is 12.8. The topological polar surface area (TPSA) is 141 Å². The number of fused-ring (bicyclic) bond motifs is 1. The maximum atomic E-state index is 12.8. The molecule has 0 saturated heterocycles. The van der Waals surface area contributed by atoms with Crippen molar-refractivity contribution in [1.29, 1.82) is 0 Å². The third-order valence-electron chi connectivity index (χ3n) is 3.01. The highest BCUT2D eigenvalue weighted by Crippen LogP contribution is 2.34. The van der Waals surface area contributed by atoms with E-state index in [0.29, 0.717) is 10.9 Å². The number of alkyl halides is 2. The molecule has 0 bridgehead atoms. The van der Waals surface area contributed by atoms with Crippen LogP contribution in [-0.4, -0.2) is 44.2 Å². The Labute approximate surface area is 151 Å². The third-order valence-corrected chi connectivity index (χ3v) is 6.20. The first-order valence-electron chi connectivity index (χ1n) is 6.62. The van der Waals surface area contributed by atoms with E-state index in [1.54, 1.807) is 0 Å². The van der Waals surface area contributed by atoms with Gasteiger partial charge in [-0.15, -0.1) is 4.13 Å². The van der Waals surface area contributed by atoms with Gasteiger partial charge in [-0.3, -0.25) is 14.8 Å². The van der Waals surface area contributed by atoms with Gasteiger partial charge in [-0.05, 0) is 6.07 Å². The lowest BCUT2D eigenvalue weighted by molar-refractivity contribution is -0.383. The molecule has 0 amide bonds. The smallest absolute Gasteiger partial charge is 0.258 e. The molecule has 0 atom stereocenters. The lowest BCUT2D eigenvalue weighted by atomic mass is 10.2. The van der Waals surface area contributed by atoms with Crippen LogP contribution in [0.4, 0.5) is 14.5 Å². The molecule has 0 saturated carbocycles. The first kappa shape index (κ1) is 20.4. The van der Waals surface area contributed by atoms with Gasteiger partial charge in [-0.25, -0.2) is 25.6 Å². The van der Waals surface area contributed by atoms with Crippen LogP contribution in [0.2, 0.25) is 5.02 Å². The molecule has 0 fully saturated rings. The van der Waals surface area contributed by atoms with Crippen LogP contribution in [0.5, 0.6) is 0 Å².